The van der Waals surface area contributed by atoms with Crippen molar-refractivity contribution in [2.45, 2.75) is 71.6 Å². The van der Waals surface area contributed by atoms with E-state index in [1.165, 1.54) is 71.0 Å². The quantitative estimate of drug-likeness (QED) is 0.138. The van der Waals surface area contributed by atoms with Crippen LogP contribution in [0.3, 0.4) is 0 Å². The second kappa shape index (κ2) is 14.8. The van der Waals surface area contributed by atoms with Crippen molar-refractivity contribution in [1.82, 2.24) is 49.0 Å². The van der Waals surface area contributed by atoms with Gasteiger partial charge in [0.05, 0.1) is 20.4 Å². The molecule has 2 aromatic carbocycles. The fourth-order valence-electron chi connectivity index (χ4n) is 5.09. The van der Waals surface area contributed by atoms with Crippen molar-refractivity contribution in [3.63, 3.8) is 0 Å². The van der Waals surface area contributed by atoms with E-state index in [4.69, 9.17) is 11.5 Å². The first kappa shape index (κ1) is 34.0. The Kier molecular flexibility index (Phi) is 10.0. The van der Waals surface area contributed by atoms with Crippen molar-refractivity contribution in [3.8, 4) is 0 Å². The molecule has 0 saturated carbocycles. The number of hydrogen-bond donors (Lipinski definition) is 2. The van der Waals surface area contributed by atoms with Crippen LogP contribution in [0.5, 0.6) is 0 Å². The Morgan fingerprint density at radius 1 is 0.640 bits per heavy atom. The number of rotatable bonds is 10. The normalized spacial score (nSPS) is 11.6. The van der Waals surface area contributed by atoms with Crippen LogP contribution in [0.2, 0.25) is 0 Å². The second-order valence-electron chi connectivity index (χ2n) is 11.0. The number of nitrogens with two attached hydrogens (primary N) is 2. The third-order valence-corrected chi connectivity index (χ3v) is 11.8. The van der Waals surface area contributed by atoms with Crippen LogP contribution in [0.25, 0.3) is 42.8 Å². The molecule has 0 bridgehead atoms. The molecule has 4 N–H and O–H groups in total. The Bertz CT molecular complexity index is 2290. The smallest absolute Gasteiger partial charge is 0.177 e. The first-order valence-corrected chi connectivity index (χ1v) is 19.0. The molecule has 0 radical (unpaired) electrons. The summed E-state index contributed by atoms with van der Waals surface area (Å²) in [5.41, 5.74) is 15.8. The lowest BCUT2D eigenvalue weighted by Crippen LogP contribution is -2.01. The van der Waals surface area contributed by atoms with Gasteiger partial charge in [0.25, 0.3) is 0 Å². The van der Waals surface area contributed by atoms with Crippen LogP contribution in [-0.2, 0) is 13.1 Å². The molecule has 8 rings (SSSR count). The van der Waals surface area contributed by atoms with Crippen LogP contribution in [-0.4, -0.2) is 49.0 Å². The van der Waals surface area contributed by atoms with Crippen LogP contribution >= 0.6 is 46.2 Å². The van der Waals surface area contributed by atoms with Gasteiger partial charge in [-0.05, 0) is 60.6 Å². The van der Waals surface area contributed by atoms with Crippen molar-refractivity contribution in [3.05, 3.63) is 60.7 Å². The molecule has 0 fully saturated rings. The topological polar surface area (TPSA) is 165 Å². The number of unbranched alkanes of at least 4 members (excludes halogenated alkanes) is 2. The maximum Gasteiger partial charge on any atom is 0.177 e. The van der Waals surface area contributed by atoms with E-state index in [1.807, 2.05) is 21.3 Å². The molecule has 6 aromatic heterocycles. The number of fused-ring (bicyclic) bond motifs is 4. The number of thiazole rings is 2. The van der Waals surface area contributed by atoms with E-state index in [9.17, 15) is 8.78 Å². The Labute approximate surface area is 300 Å². The van der Waals surface area contributed by atoms with E-state index in [-0.39, 0.29) is 11.6 Å². The predicted molar refractivity (Wildman–Crippen MR) is 197 cm³/mol. The summed E-state index contributed by atoms with van der Waals surface area (Å²) < 4.78 is 34.5. The molecule has 256 valence electrons. The Hall–Kier alpha value is -4.52. The monoisotopic (exact) mass is 748 g/mol. The highest BCUT2D eigenvalue weighted by molar-refractivity contribution is 8.01. The third-order valence-electron chi connectivity index (χ3n) is 7.57. The lowest BCUT2D eigenvalue weighted by Gasteiger charge is -2.05. The molecule has 50 heavy (non-hydrogen) atoms. The molecule has 0 amide bonds. The minimum absolute atomic E-state index is 0.253. The maximum absolute atomic E-state index is 13.9. The minimum atomic E-state index is -0.253. The summed E-state index contributed by atoms with van der Waals surface area (Å²) in [5.74, 6) is 0.211. The molecule has 0 spiro atoms. The van der Waals surface area contributed by atoms with E-state index in [0.717, 1.165) is 69.1 Å². The lowest BCUT2D eigenvalue weighted by molar-refractivity contribution is 0.598. The van der Waals surface area contributed by atoms with Crippen molar-refractivity contribution in [2.75, 3.05) is 11.5 Å². The van der Waals surface area contributed by atoms with E-state index >= 15 is 0 Å². The van der Waals surface area contributed by atoms with Gasteiger partial charge in [-0.15, -0.1) is 22.7 Å². The van der Waals surface area contributed by atoms with Gasteiger partial charge in [0.15, 0.2) is 53.0 Å². The third kappa shape index (κ3) is 6.79. The van der Waals surface area contributed by atoms with Gasteiger partial charge >= 0.3 is 0 Å². The molecule has 0 saturated heterocycles. The zero-order chi connectivity index (χ0) is 34.8. The van der Waals surface area contributed by atoms with E-state index in [1.54, 1.807) is 12.1 Å². The van der Waals surface area contributed by atoms with Crippen LogP contribution in [0.1, 0.15) is 39.5 Å². The molecular weight excluding hydrogens is 719 g/mol. The molecule has 0 unspecified atom stereocenters. The highest BCUT2D eigenvalue weighted by atomic mass is 32.2. The van der Waals surface area contributed by atoms with Crippen LogP contribution < -0.4 is 11.5 Å². The molecule has 0 aliphatic rings. The molecule has 0 atom stereocenters. The van der Waals surface area contributed by atoms with E-state index < -0.39 is 0 Å². The van der Waals surface area contributed by atoms with E-state index in [2.05, 4.69) is 53.7 Å². The predicted octanol–water partition coefficient (Wildman–Crippen LogP) is 8.22. The van der Waals surface area contributed by atoms with Gasteiger partial charge in [-0.3, -0.25) is 0 Å². The van der Waals surface area contributed by atoms with Crippen molar-refractivity contribution in [2.24, 2.45) is 0 Å². The number of anilines is 2. The van der Waals surface area contributed by atoms with Gasteiger partial charge in [0.1, 0.15) is 24.3 Å². The Balaban J connectivity index is 0.000000157. The highest BCUT2D eigenvalue weighted by Crippen LogP contribution is 2.38. The van der Waals surface area contributed by atoms with Crippen molar-refractivity contribution >= 4 is 101 Å². The Morgan fingerprint density at radius 2 is 1.08 bits per heavy atom. The Morgan fingerprint density at radius 3 is 1.48 bits per heavy atom. The number of hydrogen-bond acceptors (Lipinski definition) is 14. The molecule has 18 heteroatoms. The first-order valence-electron chi connectivity index (χ1n) is 15.7. The summed E-state index contributed by atoms with van der Waals surface area (Å²) in [6.07, 6.45) is 6.99. The number of aryl methyl sites for hydroxylation is 2. The summed E-state index contributed by atoms with van der Waals surface area (Å²) >= 11 is 5.45. The number of benzene rings is 2. The molecule has 0 aliphatic carbocycles. The minimum Gasteiger partial charge on any atom is -0.382 e. The van der Waals surface area contributed by atoms with Crippen LogP contribution in [0.15, 0.2) is 68.0 Å². The highest BCUT2D eigenvalue weighted by Gasteiger charge is 2.19. The average Bonchev–Trinajstić information content (AvgIpc) is 3.88. The number of nitrogen functional groups attached to an aromatic ring is 2. The van der Waals surface area contributed by atoms with Crippen molar-refractivity contribution in [1.29, 1.82) is 0 Å². The molecular formula is C32H30F2N12S4. The maximum atomic E-state index is 13.9. The van der Waals surface area contributed by atoms with Gasteiger partial charge < -0.3 is 20.6 Å². The zero-order valence-electron chi connectivity index (χ0n) is 26.9. The van der Waals surface area contributed by atoms with Crippen LogP contribution in [0.4, 0.5) is 20.4 Å². The van der Waals surface area contributed by atoms with Gasteiger partial charge in [-0.2, -0.15) is 0 Å². The fourth-order valence-corrected chi connectivity index (χ4v) is 9.23. The van der Waals surface area contributed by atoms with Gasteiger partial charge in [0, 0.05) is 13.1 Å². The van der Waals surface area contributed by atoms with E-state index in [0.29, 0.717) is 43.1 Å². The summed E-state index contributed by atoms with van der Waals surface area (Å²) in [6.45, 7) is 5.83. The second-order valence-corrected chi connectivity index (χ2v) is 15.4. The number of aromatic nitrogens is 10. The average molecular weight is 749 g/mol. The molecule has 8 aromatic rings. The van der Waals surface area contributed by atoms with Crippen molar-refractivity contribution < 1.29 is 8.78 Å². The number of halogens is 2. The van der Waals surface area contributed by atoms with Gasteiger partial charge in [-0.25, -0.2) is 48.7 Å². The van der Waals surface area contributed by atoms with Gasteiger partial charge in [0.2, 0.25) is 0 Å². The number of imidazole rings is 2. The fraction of sp³-hybridized carbons (Fsp3) is 0.250. The summed E-state index contributed by atoms with van der Waals surface area (Å²) in [6, 6.07) is 9.84. The zero-order valence-corrected chi connectivity index (χ0v) is 30.1. The van der Waals surface area contributed by atoms with Crippen LogP contribution in [0, 0.1) is 11.6 Å². The standard InChI is InChI=1S/2C16H15FN6S2/c2*1-2-3-7-23-14-11(13(18)19-8-20-14)22-15(23)25-16-21-10-6-4-5-9(17)12(10)24-16/h2*4-6,8H,2-3,7H2,1H3,(H2,18,19,20). The molecule has 0 aliphatic heterocycles. The lowest BCUT2D eigenvalue weighted by atomic mass is 10.3. The molecule has 12 nitrogen and oxygen atoms in total. The number of nitrogens with zero attached hydrogens (tertiary/aromatic N) is 10. The SMILES string of the molecule is CCCCn1c(Sc2nc3cccc(F)c3s2)nc2c(N)ncnc21.CCCCn1c(Sc2nc3cccc(F)c3s2)nc2c(N)ncnc21. The molecule has 6 heterocycles. The largest absolute Gasteiger partial charge is 0.382 e. The summed E-state index contributed by atoms with van der Waals surface area (Å²) in [4.78, 5) is 34.9. The summed E-state index contributed by atoms with van der Waals surface area (Å²) in [5, 5.41) is 1.49. The van der Waals surface area contributed by atoms with Gasteiger partial charge in [-0.1, -0.05) is 38.8 Å². The summed E-state index contributed by atoms with van der Waals surface area (Å²) in [7, 11) is 0. The first-order chi connectivity index (χ1) is 24.3.